The summed E-state index contributed by atoms with van der Waals surface area (Å²) in [4.78, 5) is 13.9. The third-order valence-electron chi connectivity index (χ3n) is 2.65. The van der Waals surface area contributed by atoms with E-state index in [4.69, 9.17) is 17.3 Å². The molecular weight excluding hydrogens is 268 g/mol. The average molecular weight is 281 g/mol. The van der Waals surface area contributed by atoms with Gasteiger partial charge in [0.05, 0.1) is 16.3 Å². The molecule has 1 aromatic heterocycles. The first-order valence-corrected chi connectivity index (χ1v) is 6.60. The van der Waals surface area contributed by atoms with Gasteiger partial charge in [-0.25, -0.2) is 0 Å². The number of anilines is 2. The van der Waals surface area contributed by atoms with E-state index in [0.29, 0.717) is 21.3 Å². The second kappa shape index (κ2) is 5.00. The molecule has 0 bridgehead atoms. The summed E-state index contributed by atoms with van der Waals surface area (Å²) >= 11 is 7.34. The maximum atomic E-state index is 12.0. The number of hydrogen-bond acceptors (Lipinski definition) is 3. The molecule has 1 aromatic carbocycles. The van der Waals surface area contributed by atoms with Crippen molar-refractivity contribution in [3.8, 4) is 0 Å². The van der Waals surface area contributed by atoms with Crippen molar-refractivity contribution in [3.63, 3.8) is 0 Å². The molecule has 5 heteroatoms. The molecule has 0 spiro atoms. The van der Waals surface area contributed by atoms with Gasteiger partial charge in [-0.3, -0.25) is 4.79 Å². The predicted molar refractivity (Wildman–Crippen MR) is 77.6 cm³/mol. The fraction of sp³-hybridized carbons (Fsp3) is 0.154. The molecule has 0 radical (unpaired) electrons. The molecule has 0 aliphatic heterocycles. The summed E-state index contributed by atoms with van der Waals surface area (Å²) in [6.45, 7) is 3.97. The van der Waals surface area contributed by atoms with Crippen LogP contribution in [0.15, 0.2) is 24.3 Å². The number of rotatable bonds is 2. The second-order valence-electron chi connectivity index (χ2n) is 4.04. The summed E-state index contributed by atoms with van der Waals surface area (Å²) in [5.41, 5.74) is 7.93. The van der Waals surface area contributed by atoms with Crippen molar-refractivity contribution in [3.05, 3.63) is 44.6 Å². The standard InChI is InChI=1S/C13H13ClN2OS/c1-7-5-12(18-8(7)2)13(17)16-11-6-9(14)3-4-10(11)15/h3-6H,15H2,1-2H3,(H,16,17). The Labute approximate surface area is 115 Å². The Balaban J connectivity index is 2.23. The van der Waals surface area contributed by atoms with E-state index in [1.165, 1.54) is 11.3 Å². The molecule has 0 saturated carbocycles. The summed E-state index contributed by atoms with van der Waals surface area (Å²) < 4.78 is 0. The molecule has 1 amide bonds. The summed E-state index contributed by atoms with van der Waals surface area (Å²) in [7, 11) is 0. The van der Waals surface area contributed by atoms with Gasteiger partial charge in [0.15, 0.2) is 0 Å². The van der Waals surface area contributed by atoms with Gasteiger partial charge in [-0.2, -0.15) is 0 Å². The van der Waals surface area contributed by atoms with E-state index in [1.807, 2.05) is 19.9 Å². The topological polar surface area (TPSA) is 55.1 Å². The van der Waals surface area contributed by atoms with Gasteiger partial charge >= 0.3 is 0 Å². The maximum Gasteiger partial charge on any atom is 0.265 e. The highest BCUT2D eigenvalue weighted by molar-refractivity contribution is 7.14. The SMILES string of the molecule is Cc1cc(C(=O)Nc2cc(Cl)ccc2N)sc1C. The third-order valence-corrected chi connectivity index (χ3v) is 4.04. The number of nitrogen functional groups attached to an aromatic ring is 1. The zero-order chi connectivity index (χ0) is 13.3. The molecule has 0 aliphatic rings. The smallest absolute Gasteiger partial charge is 0.265 e. The molecular formula is C13H13ClN2OS. The van der Waals surface area contributed by atoms with Gasteiger partial charge < -0.3 is 11.1 Å². The van der Waals surface area contributed by atoms with E-state index >= 15 is 0 Å². The number of benzene rings is 1. The monoisotopic (exact) mass is 280 g/mol. The summed E-state index contributed by atoms with van der Waals surface area (Å²) in [5.74, 6) is -0.162. The highest BCUT2D eigenvalue weighted by atomic mass is 35.5. The largest absolute Gasteiger partial charge is 0.397 e. The fourth-order valence-electron chi connectivity index (χ4n) is 1.51. The van der Waals surface area contributed by atoms with Crippen molar-refractivity contribution in [1.82, 2.24) is 0 Å². The Bertz CT molecular complexity index is 588. The van der Waals surface area contributed by atoms with Gasteiger partial charge in [-0.15, -0.1) is 11.3 Å². The van der Waals surface area contributed by atoms with E-state index in [-0.39, 0.29) is 5.91 Å². The molecule has 0 fully saturated rings. The number of carbonyl (C=O) groups excluding carboxylic acids is 1. The summed E-state index contributed by atoms with van der Waals surface area (Å²) in [5, 5.41) is 3.31. The van der Waals surface area contributed by atoms with Crippen LogP contribution in [0.5, 0.6) is 0 Å². The molecule has 0 aliphatic carbocycles. The minimum atomic E-state index is -0.162. The Morgan fingerprint density at radius 3 is 2.67 bits per heavy atom. The van der Waals surface area contributed by atoms with Crippen LogP contribution in [0.1, 0.15) is 20.1 Å². The lowest BCUT2D eigenvalue weighted by atomic mass is 10.2. The number of carbonyl (C=O) groups is 1. The van der Waals surface area contributed by atoms with Gasteiger partial charge in [0.25, 0.3) is 5.91 Å². The van der Waals surface area contributed by atoms with Gasteiger partial charge in [-0.1, -0.05) is 11.6 Å². The van der Waals surface area contributed by atoms with Gasteiger partial charge in [0.2, 0.25) is 0 Å². The predicted octanol–water partition coefficient (Wildman–Crippen LogP) is 3.85. The molecule has 0 unspecified atom stereocenters. The van der Waals surface area contributed by atoms with Crippen molar-refractivity contribution < 1.29 is 4.79 Å². The van der Waals surface area contributed by atoms with Crippen molar-refractivity contribution in [2.75, 3.05) is 11.1 Å². The molecule has 3 N–H and O–H groups in total. The number of halogens is 1. The average Bonchev–Trinajstić information content (AvgIpc) is 2.64. The lowest BCUT2D eigenvalue weighted by Crippen LogP contribution is -2.11. The van der Waals surface area contributed by atoms with Gasteiger partial charge in [0, 0.05) is 9.90 Å². The second-order valence-corrected chi connectivity index (χ2v) is 5.73. The molecule has 0 saturated heterocycles. The normalized spacial score (nSPS) is 10.4. The van der Waals surface area contributed by atoms with Crippen LogP contribution in [0, 0.1) is 13.8 Å². The summed E-state index contributed by atoms with van der Waals surface area (Å²) in [6, 6.07) is 6.87. The minimum absolute atomic E-state index is 0.162. The van der Waals surface area contributed by atoms with Crippen LogP contribution in [-0.4, -0.2) is 5.91 Å². The van der Waals surface area contributed by atoms with E-state index in [2.05, 4.69) is 5.32 Å². The van der Waals surface area contributed by atoms with Crippen molar-refractivity contribution >= 4 is 40.2 Å². The minimum Gasteiger partial charge on any atom is -0.397 e. The van der Waals surface area contributed by atoms with Crippen molar-refractivity contribution in [2.24, 2.45) is 0 Å². The first-order chi connectivity index (χ1) is 8.47. The third kappa shape index (κ3) is 2.66. The van der Waals surface area contributed by atoms with Crippen LogP contribution < -0.4 is 11.1 Å². The molecule has 18 heavy (non-hydrogen) atoms. The first kappa shape index (κ1) is 12.9. The number of nitrogens with two attached hydrogens (primary N) is 1. The van der Waals surface area contributed by atoms with Gasteiger partial charge in [-0.05, 0) is 43.7 Å². The lowest BCUT2D eigenvalue weighted by Gasteiger charge is -2.07. The fourth-order valence-corrected chi connectivity index (χ4v) is 2.61. The quantitative estimate of drug-likeness (QED) is 0.821. The highest BCUT2D eigenvalue weighted by Gasteiger charge is 2.12. The lowest BCUT2D eigenvalue weighted by molar-refractivity contribution is 0.103. The Hall–Kier alpha value is -1.52. The molecule has 1 heterocycles. The molecule has 2 aromatic rings. The van der Waals surface area contributed by atoms with Crippen LogP contribution in [0.4, 0.5) is 11.4 Å². The number of aryl methyl sites for hydroxylation is 2. The van der Waals surface area contributed by atoms with E-state index in [1.54, 1.807) is 18.2 Å². The molecule has 3 nitrogen and oxygen atoms in total. The maximum absolute atomic E-state index is 12.0. The zero-order valence-electron chi connectivity index (χ0n) is 10.1. The number of thiophene rings is 1. The number of amides is 1. The van der Waals surface area contributed by atoms with Crippen LogP contribution in [0.2, 0.25) is 5.02 Å². The highest BCUT2D eigenvalue weighted by Crippen LogP contribution is 2.25. The molecule has 0 atom stereocenters. The number of nitrogens with one attached hydrogen (secondary N) is 1. The first-order valence-electron chi connectivity index (χ1n) is 5.41. The molecule has 94 valence electrons. The van der Waals surface area contributed by atoms with Crippen LogP contribution in [-0.2, 0) is 0 Å². The molecule has 2 rings (SSSR count). The summed E-state index contributed by atoms with van der Waals surface area (Å²) in [6.07, 6.45) is 0. The van der Waals surface area contributed by atoms with Crippen LogP contribution >= 0.6 is 22.9 Å². The van der Waals surface area contributed by atoms with E-state index in [0.717, 1.165) is 10.4 Å². The van der Waals surface area contributed by atoms with E-state index in [9.17, 15) is 4.79 Å². The van der Waals surface area contributed by atoms with Crippen molar-refractivity contribution in [1.29, 1.82) is 0 Å². The van der Waals surface area contributed by atoms with Crippen LogP contribution in [0.3, 0.4) is 0 Å². The Kier molecular flexibility index (Phi) is 3.59. The van der Waals surface area contributed by atoms with E-state index < -0.39 is 0 Å². The zero-order valence-corrected chi connectivity index (χ0v) is 11.7. The van der Waals surface area contributed by atoms with Crippen molar-refractivity contribution in [2.45, 2.75) is 13.8 Å². The van der Waals surface area contributed by atoms with Gasteiger partial charge in [0.1, 0.15) is 0 Å². The Morgan fingerprint density at radius 2 is 2.06 bits per heavy atom. The number of hydrogen-bond donors (Lipinski definition) is 2. The van der Waals surface area contributed by atoms with Crippen LogP contribution in [0.25, 0.3) is 0 Å². The Morgan fingerprint density at radius 1 is 1.33 bits per heavy atom.